The van der Waals surface area contributed by atoms with Gasteiger partial charge in [0.05, 0.1) is 24.9 Å². The molecule has 2 aromatic heterocycles. The van der Waals surface area contributed by atoms with Crippen LogP contribution in [-0.2, 0) is 23.9 Å². The molecule has 59 heavy (non-hydrogen) atoms. The number of ether oxygens (including phenoxy) is 3. The topological polar surface area (TPSA) is 190 Å². The maximum Gasteiger partial charge on any atom is 0.408 e. The van der Waals surface area contributed by atoms with Crippen molar-refractivity contribution in [1.29, 1.82) is 0 Å². The zero-order valence-electron chi connectivity index (χ0n) is 34.6. The molecular weight excluding hydrogens is 775 g/mol. The van der Waals surface area contributed by atoms with Crippen molar-refractivity contribution in [2.24, 2.45) is 17.3 Å². The van der Waals surface area contributed by atoms with Gasteiger partial charge in [-0.3, -0.25) is 24.5 Å². The van der Waals surface area contributed by atoms with Crippen LogP contribution in [0.25, 0.3) is 22.3 Å². The van der Waals surface area contributed by atoms with Crippen molar-refractivity contribution in [2.45, 2.75) is 122 Å². The second-order valence-electron chi connectivity index (χ2n) is 17.6. The lowest BCUT2D eigenvalue weighted by Gasteiger charge is -2.35. The van der Waals surface area contributed by atoms with Crippen molar-refractivity contribution in [2.75, 3.05) is 19.0 Å². The molecule has 1 unspecified atom stereocenters. The molecule has 0 radical (unpaired) electrons. The average molecular weight is 830 g/mol. The number of thiazole rings is 1. The summed E-state index contributed by atoms with van der Waals surface area (Å²) in [5.41, 5.74) is -0.381. The van der Waals surface area contributed by atoms with Gasteiger partial charge in [-0.05, 0) is 76.3 Å². The number of anilines is 1. The number of aromatic nitrogens is 2. The summed E-state index contributed by atoms with van der Waals surface area (Å²) in [6.07, 6.45) is 5.17. The van der Waals surface area contributed by atoms with Crippen LogP contribution in [0.3, 0.4) is 0 Å². The second-order valence-corrected chi connectivity index (χ2v) is 18.4. The molecule has 3 saturated carbocycles. The molecule has 15 nitrogen and oxygen atoms in total. The summed E-state index contributed by atoms with van der Waals surface area (Å²) in [6, 6.07) is 5.27. The molecule has 1 aromatic carbocycles. The fourth-order valence-electron chi connectivity index (χ4n) is 7.92. The molecular formula is C43H55N7O8S. The number of hydrogen-bond acceptors (Lipinski definition) is 12. The van der Waals surface area contributed by atoms with E-state index in [1.165, 1.54) is 16.2 Å². The Morgan fingerprint density at radius 1 is 1.00 bits per heavy atom. The SMILES string of the molecule is C=CC1C[C@]1(NC(=O)[C@@H]1C[C@@H](Oc2cc(-c3csc(NC(C)C)n3)nc3cc(OC)ccc23)CN1C(=O)[C@H](NC(=O)OC1CCCC1)C(C)(C)C)C(=O)NC(=O)C1CC1. The van der Waals surface area contributed by atoms with Crippen LogP contribution in [-0.4, -0.2) is 94.1 Å². The van der Waals surface area contributed by atoms with Crippen molar-refractivity contribution < 1.29 is 38.2 Å². The highest BCUT2D eigenvalue weighted by Gasteiger charge is 2.61. The first-order valence-electron chi connectivity index (χ1n) is 20.5. The number of fused-ring (bicyclic) bond motifs is 1. The van der Waals surface area contributed by atoms with E-state index in [-0.39, 0.29) is 43.4 Å². The summed E-state index contributed by atoms with van der Waals surface area (Å²) in [4.78, 5) is 79.9. The Labute approximate surface area is 348 Å². The van der Waals surface area contributed by atoms with Gasteiger partial charge in [-0.1, -0.05) is 26.8 Å². The number of alkyl carbamates (subject to hydrolysis) is 1. The Morgan fingerprint density at radius 3 is 2.39 bits per heavy atom. The molecule has 3 heterocycles. The number of pyridine rings is 1. The summed E-state index contributed by atoms with van der Waals surface area (Å²) in [5.74, 6) is -1.59. The summed E-state index contributed by atoms with van der Waals surface area (Å²) in [6.45, 7) is 13.4. The van der Waals surface area contributed by atoms with Crippen LogP contribution >= 0.6 is 11.3 Å². The molecule has 1 aliphatic heterocycles. The summed E-state index contributed by atoms with van der Waals surface area (Å²) < 4.78 is 18.0. The molecule has 16 heteroatoms. The van der Waals surface area contributed by atoms with Crippen LogP contribution in [0.4, 0.5) is 9.93 Å². The molecule has 5 atom stereocenters. The number of rotatable bonds is 14. The second kappa shape index (κ2) is 16.8. The third-order valence-corrected chi connectivity index (χ3v) is 12.3. The number of hydrogen-bond donors (Lipinski definition) is 4. The Kier molecular flexibility index (Phi) is 11.9. The van der Waals surface area contributed by atoms with Crippen molar-refractivity contribution in [3.05, 3.63) is 42.3 Å². The van der Waals surface area contributed by atoms with Gasteiger partial charge >= 0.3 is 6.09 Å². The largest absolute Gasteiger partial charge is 0.497 e. The van der Waals surface area contributed by atoms with E-state index in [2.05, 4.69) is 27.8 Å². The van der Waals surface area contributed by atoms with Gasteiger partial charge in [-0.15, -0.1) is 17.9 Å². The number of nitrogens with zero attached hydrogens (tertiary/aromatic N) is 3. The normalized spacial score (nSPS) is 23.4. The van der Waals surface area contributed by atoms with E-state index < -0.39 is 58.9 Å². The lowest BCUT2D eigenvalue weighted by atomic mass is 9.85. The highest BCUT2D eigenvalue weighted by atomic mass is 32.1. The predicted octanol–water partition coefficient (Wildman–Crippen LogP) is 5.73. The van der Waals surface area contributed by atoms with E-state index in [4.69, 9.17) is 24.2 Å². The minimum absolute atomic E-state index is 0.0123. The third kappa shape index (κ3) is 9.32. The fraction of sp³-hybridized carbons (Fsp3) is 0.558. The molecule has 4 N–H and O–H groups in total. The van der Waals surface area contributed by atoms with Crippen LogP contribution < -0.4 is 30.7 Å². The Morgan fingerprint density at radius 2 is 1.75 bits per heavy atom. The number of amides is 5. The van der Waals surface area contributed by atoms with Crippen LogP contribution in [0.2, 0.25) is 0 Å². The van der Waals surface area contributed by atoms with E-state index in [1.807, 2.05) is 46.1 Å². The summed E-state index contributed by atoms with van der Waals surface area (Å²) in [7, 11) is 1.58. The van der Waals surface area contributed by atoms with Crippen molar-refractivity contribution in [3.8, 4) is 22.9 Å². The van der Waals surface area contributed by atoms with Crippen LogP contribution in [0.15, 0.2) is 42.3 Å². The number of imide groups is 1. The molecule has 3 aromatic rings. The molecule has 1 saturated heterocycles. The molecule has 3 aliphatic carbocycles. The van der Waals surface area contributed by atoms with Gasteiger partial charge in [0.2, 0.25) is 17.7 Å². The number of carbonyl (C=O) groups excluding carboxylic acids is 5. The minimum Gasteiger partial charge on any atom is -0.497 e. The van der Waals surface area contributed by atoms with Crippen LogP contribution in [0.5, 0.6) is 11.5 Å². The van der Waals surface area contributed by atoms with Crippen LogP contribution in [0, 0.1) is 17.3 Å². The molecule has 7 rings (SSSR count). The van der Waals surface area contributed by atoms with Gasteiger partial charge in [-0.2, -0.15) is 0 Å². The fourth-order valence-corrected chi connectivity index (χ4v) is 8.77. The molecule has 5 amide bonds. The van der Waals surface area contributed by atoms with E-state index in [1.54, 1.807) is 31.4 Å². The lowest BCUT2D eigenvalue weighted by Crippen LogP contribution is -2.60. The monoisotopic (exact) mass is 829 g/mol. The molecule has 0 bridgehead atoms. The Bertz CT molecular complexity index is 2120. The lowest BCUT2D eigenvalue weighted by molar-refractivity contribution is -0.143. The van der Waals surface area contributed by atoms with E-state index in [0.29, 0.717) is 46.6 Å². The van der Waals surface area contributed by atoms with E-state index in [9.17, 15) is 24.0 Å². The zero-order chi connectivity index (χ0) is 42.2. The van der Waals surface area contributed by atoms with E-state index in [0.717, 1.165) is 30.8 Å². The average Bonchev–Trinajstić information content (AvgIpc) is 3.97. The maximum absolute atomic E-state index is 14.8. The minimum atomic E-state index is -1.39. The van der Waals surface area contributed by atoms with Gasteiger partial charge in [0.15, 0.2) is 5.13 Å². The van der Waals surface area contributed by atoms with E-state index >= 15 is 0 Å². The van der Waals surface area contributed by atoms with Gasteiger partial charge < -0.3 is 35.1 Å². The quantitative estimate of drug-likeness (QED) is 0.115. The number of likely N-dealkylation sites (tertiary alicyclic amines) is 1. The smallest absolute Gasteiger partial charge is 0.408 e. The van der Waals surface area contributed by atoms with Crippen molar-refractivity contribution in [3.63, 3.8) is 0 Å². The number of methoxy groups -OCH3 is 1. The maximum atomic E-state index is 14.8. The highest BCUT2D eigenvalue weighted by Crippen LogP contribution is 2.45. The predicted molar refractivity (Wildman–Crippen MR) is 223 cm³/mol. The first-order chi connectivity index (χ1) is 28.1. The Hall–Kier alpha value is -5.25. The van der Waals surface area contributed by atoms with Gasteiger partial charge in [0.25, 0.3) is 5.91 Å². The zero-order valence-corrected chi connectivity index (χ0v) is 35.4. The highest BCUT2D eigenvalue weighted by molar-refractivity contribution is 7.14. The number of benzene rings is 1. The summed E-state index contributed by atoms with van der Waals surface area (Å²) in [5, 5.41) is 14.9. The first kappa shape index (κ1) is 41.9. The molecule has 0 spiro atoms. The summed E-state index contributed by atoms with van der Waals surface area (Å²) >= 11 is 1.46. The standard InChI is InChI=1S/C43H55N7O8S/c1-8-25-20-43(25,39(54)48-36(51)24-13-14-24)49-37(52)33-18-28(21-50(33)38(53)35(42(4,5)6)47-41(55)58-26-11-9-10-12-26)57-34-19-31(32-22-59-40(46-32)44-23(2)3)45-30-17-27(56-7)15-16-29(30)34/h8,15-17,19,22-26,28,33,35H,1,9-14,18,20-21H2,2-7H3,(H,44,46)(H,47,55)(H,49,52)(H,48,51,54)/t25?,28-,33+,35+,43-/m1/s1. The molecule has 4 fully saturated rings. The van der Waals surface area contributed by atoms with Crippen molar-refractivity contribution in [1.82, 2.24) is 30.8 Å². The molecule has 4 aliphatic rings. The number of nitrogens with one attached hydrogen (secondary N) is 4. The first-order valence-corrected chi connectivity index (χ1v) is 21.4. The van der Waals surface area contributed by atoms with Gasteiger partial charge in [0, 0.05) is 47.2 Å². The Balaban J connectivity index is 1.20. The van der Waals surface area contributed by atoms with Gasteiger partial charge in [0.1, 0.15) is 47.0 Å². The van der Waals surface area contributed by atoms with Gasteiger partial charge in [-0.25, -0.2) is 14.8 Å². The third-order valence-electron chi connectivity index (χ3n) is 11.5. The van der Waals surface area contributed by atoms with Crippen LogP contribution in [0.1, 0.15) is 86.0 Å². The molecule has 316 valence electrons. The number of carbonyl (C=O) groups is 5. The van der Waals surface area contributed by atoms with Crippen molar-refractivity contribution >= 4 is 57.1 Å².